The second kappa shape index (κ2) is 5.13. The molecule has 2 rings (SSSR count). The highest BCUT2D eigenvalue weighted by atomic mass is 16.3. The van der Waals surface area contributed by atoms with Crippen LogP contribution in [-0.2, 0) is 0 Å². The Hall–Kier alpha value is -3.08. The van der Waals surface area contributed by atoms with Gasteiger partial charge in [-0.05, 0) is 6.08 Å². The van der Waals surface area contributed by atoms with Crippen LogP contribution in [0.5, 0.6) is 5.75 Å². The molecule has 1 N–H and O–H groups in total. The Bertz CT molecular complexity index is 766. The fourth-order valence-corrected chi connectivity index (χ4v) is 2.31. The van der Waals surface area contributed by atoms with Gasteiger partial charge in [0.1, 0.15) is 5.75 Å². The van der Waals surface area contributed by atoms with Crippen LogP contribution in [0.25, 0.3) is 6.08 Å². The molecular formula is C16H10O5. The lowest BCUT2D eigenvalue weighted by molar-refractivity contribution is 0.0983. The number of aldehydes is 2. The second-order valence-electron chi connectivity index (χ2n) is 4.28. The summed E-state index contributed by atoms with van der Waals surface area (Å²) < 4.78 is 0. The molecule has 1 aromatic carbocycles. The van der Waals surface area contributed by atoms with Crippen LogP contribution in [0.15, 0.2) is 30.9 Å². The van der Waals surface area contributed by atoms with Gasteiger partial charge in [0.15, 0.2) is 24.1 Å². The highest BCUT2D eigenvalue weighted by molar-refractivity contribution is 6.29. The van der Waals surface area contributed by atoms with Gasteiger partial charge in [-0.3, -0.25) is 19.2 Å². The molecule has 0 saturated carbocycles. The highest BCUT2D eigenvalue weighted by Gasteiger charge is 2.32. The number of Topliss-reactive ketones (excluding diaryl/α,β-unsaturated/α-hetero) is 1. The van der Waals surface area contributed by atoms with Crippen molar-refractivity contribution in [2.24, 2.45) is 0 Å². The number of benzene rings is 1. The summed E-state index contributed by atoms with van der Waals surface area (Å²) in [6.45, 7) is 6.93. The van der Waals surface area contributed by atoms with Crippen LogP contribution in [0.1, 0.15) is 47.0 Å². The number of rotatable bonds is 4. The molecule has 1 aliphatic carbocycles. The monoisotopic (exact) mass is 282 g/mol. The number of hydrogen-bond donors (Lipinski definition) is 1. The van der Waals surface area contributed by atoms with Crippen molar-refractivity contribution in [2.75, 3.05) is 0 Å². The lowest BCUT2D eigenvalue weighted by atomic mass is 9.81. The first-order chi connectivity index (χ1) is 10.0. The maximum atomic E-state index is 12.4. The molecule has 0 atom stereocenters. The predicted molar refractivity (Wildman–Crippen MR) is 75.9 cm³/mol. The third-order valence-corrected chi connectivity index (χ3v) is 3.27. The Morgan fingerprint density at radius 1 is 0.905 bits per heavy atom. The van der Waals surface area contributed by atoms with Crippen LogP contribution in [0.4, 0.5) is 0 Å². The minimum atomic E-state index is -0.634. The first-order valence-electron chi connectivity index (χ1n) is 5.90. The van der Waals surface area contributed by atoms with Gasteiger partial charge in [0.2, 0.25) is 0 Å². The van der Waals surface area contributed by atoms with E-state index in [4.69, 9.17) is 0 Å². The molecule has 0 aliphatic heterocycles. The molecule has 104 valence electrons. The third kappa shape index (κ3) is 1.87. The van der Waals surface area contributed by atoms with Gasteiger partial charge in [-0.25, -0.2) is 0 Å². The molecular weight excluding hydrogens is 272 g/mol. The molecule has 5 heteroatoms. The van der Waals surface area contributed by atoms with Gasteiger partial charge < -0.3 is 5.11 Å². The molecule has 0 spiro atoms. The van der Waals surface area contributed by atoms with Crippen molar-refractivity contribution in [2.45, 2.75) is 0 Å². The number of allylic oxidation sites excluding steroid dienone is 3. The summed E-state index contributed by atoms with van der Waals surface area (Å²) in [7, 11) is 0. The number of carbonyl (C=O) groups is 4. The molecule has 0 saturated heterocycles. The predicted octanol–water partition coefficient (Wildman–Crippen LogP) is 2.15. The van der Waals surface area contributed by atoms with Gasteiger partial charge in [0.05, 0.1) is 11.1 Å². The van der Waals surface area contributed by atoms with Crippen LogP contribution < -0.4 is 0 Å². The molecule has 0 radical (unpaired) electrons. The van der Waals surface area contributed by atoms with Crippen molar-refractivity contribution in [1.29, 1.82) is 0 Å². The van der Waals surface area contributed by atoms with Gasteiger partial charge in [0, 0.05) is 22.3 Å². The number of fused-ring (bicyclic) bond motifs is 1. The summed E-state index contributed by atoms with van der Waals surface area (Å²) >= 11 is 0. The average molecular weight is 282 g/mol. The quantitative estimate of drug-likeness (QED) is 0.855. The van der Waals surface area contributed by atoms with Gasteiger partial charge in [-0.1, -0.05) is 25.3 Å². The van der Waals surface area contributed by atoms with Gasteiger partial charge in [0.25, 0.3) is 0 Å². The Labute approximate surface area is 119 Å². The summed E-state index contributed by atoms with van der Waals surface area (Å²) in [5.41, 5.74) is -0.899. The molecule has 0 amide bonds. The van der Waals surface area contributed by atoms with E-state index in [1.54, 1.807) is 0 Å². The Balaban J connectivity index is 3.05. The Morgan fingerprint density at radius 3 is 2.00 bits per heavy atom. The van der Waals surface area contributed by atoms with Crippen molar-refractivity contribution >= 4 is 30.2 Å². The molecule has 0 aromatic heterocycles. The van der Waals surface area contributed by atoms with E-state index in [0.717, 1.165) is 6.08 Å². The standard InChI is InChI=1S/C16H10O5/c1-3-8-5-12(19)13-11(7-18)16(21)10(6-17)9(4-2)14(13)15(8)20/h3-7,21H,1-2H2. The van der Waals surface area contributed by atoms with E-state index in [0.29, 0.717) is 6.29 Å². The highest BCUT2D eigenvalue weighted by Crippen LogP contribution is 2.36. The van der Waals surface area contributed by atoms with E-state index in [9.17, 15) is 24.3 Å². The molecule has 0 heterocycles. The van der Waals surface area contributed by atoms with E-state index >= 15 is 0 Å². The maximum Gasteiger partial charge on any atom is 0.194 e. The van der Waals surface area contributed by atoms with E-state index < -0.39 is 17.3 Å². The lowest BCUT2D eigenvalue weighted by Crippen LogP contribution is -2.21. The molecule has 0 bridgehead atoms. The smallest absolute Gasteiger partial charge is 0.194 e. The zero-order valence-electron chi connectivity index (χ0n) is 10.9. The molecule has 21 heavy (non-hydrogen) atoms. The Kier molecular flexibility index (Phi) is 3.50. The number of phenolic OH excluding ortho intramolecular Hbond substituents is 1. The summed E-state index contributed by atoms with van der Waals surface area (Å²) in [4.78, 5) is 46.8. The normalized spacial score (nSPS) is 13.2. The van der Waals surface area contributed by atoms with E-state index in [2.05, 4.69) is 13.2 Å². The molecule has 0 unspecified atom stereocenters. The van der Waals surface area contributed by atoms with Crippen molar-refractivity contribution in [3.63, 3.8) is 0 Å². The zero-order valence-corrected chi connectivity index (χ0v) is 10.9. The number of hydrogen-bond acceptors (Lipinski definition) is 5. The number of aromatic hydroxyl groups is 1. The SMILES string of the molecule is C=CC1=CC(=O)c2c(C=O)c(O)c(C=O)c(C=C)c2C1=O. The van der Waals surface area contributed by atoms with E-state index in [1.165, 1.54) is 12.2 Å². The van der Waals surface area contributed by atoms with Gasteiger partial charge in [-0.2, -0.15) is 0 Å². The fourth-order valence-electron chi connectivity index (χ4n) is 2.31. The molecule has 0 fully saturated rings. The summed E-state index contributed by atoms with van der Waals surface area (Å²) in [6.07, 6.45) is 3.99. The second-order valence-corrected chi connectivity index (χ2v) is 4.28. The summed E-state index contributed by atoms with van der Waals surface area (Å²) in [6, 6.07) is 0. The Morgan fingerprint density at radius 2 is 1.52 bits per heavy atom. The summed E-state index contributed by atoms with van der Waals surface area (Å²) in [5.74, 6) is -1.80. The number of phenols is 1. The van der Waals surface area contributed by atoms with Gasteiger partial charge in [-0.15, -0.1) is 0 Å². The van der Waals surface area contributed by atoms with Crippen molar-refractivity contribution in [3.8, 4) is 5.75 Å². The molecule has 1 aromatic rings. The minimum absolute atomic E-state index is 0.0221. The molecule has 1 aliphatic rings. The van der Waals surface area contributed by atoms with Crippen LogP contribution in [-0.4, -0.2) is 29.2 Å². The minimum Gasteiger partial charge on any atom is -0.506 e. The first-order valence-corrected chi connectivity index (χ1v) is 5.90. The molecule has 5 nitrogen and oxygen atoms in total. The lowest BCUT2D eigenvalue weighted by Gasteiger charge is -2.19. The van der Waals surface area contributed by atoms with Crippen molar-refractivity contribution in [1.82, 2.24) is 0 Å². The van der Waals surface area contributed by atoms with Crippen LogP contribution in [0, 0.1) is 0 Å². The van der Waals surface area contributed by atoms with Crippen molar-refractivity contribution in [3.05, 3.63) is 58.7 Å². The zero-order chi connectivity index (χ0) is 15.7. The van der Waals surface area contributed by atoms with Crippen LogP contribution in [0.3, 0.4) is 0 Å². The van der Waals surface area contributed by atoms with E-state index in [-0.39, 0.29) is 39.7 Å². The number of ketones is 2. The van der Waals surface area contributed by atoms with Crippen molar-refractivity contribution < 1.29 is 24.3 Å². The van der Waals surface area contributed by atoms with E-state index in [1.807, 2.05) is 0 Å². The van der Waals surface area contributed by atoms with Crippen LogP contribution in [0.2, 0.25) is 0 Å². The number of carbonyl (C=O) groups excluding carboxylic acids is 4. The average Bonchev–Trinajstić information content (AvgIpc) is 2.49. The van der Waals surface area contributed by atoms with Crippen LogP contribution >= 0.6 is 0 Å². The topological polar surface area (TPSA) is 88.5 Å². The summed E-state index contributed by atoms with van der Waals surface area (Å²) in [5, 5.41) is 9.97. The van der Waals surface area contributed by atoms with Gasteiger partial charge >= 0.3 is 0 Å². The largest absolute Gasteiger partial charge is 0.506 e. The fraction of sp³-hybridized carbons (Fsp3) is 0. The first kappa shape index (κ1) is 14.3. The third-order valence-electron chi connectivity index (χ3n) is 3.27. The maximum absolute atomic E-state index is 12.4.